The zero-order valence-corrected chi connectivity index (χ0v) is 14.4. The van der Waals surface area contributed by atoms with E-state index in [2.05, 4.69) is 15.2 Å². The van der Waals surface area contributed by atoms with Gasteiger partial charge in [0, 0.05) is 16.7 Å². The van der Waals surface area contributed by atoms with Gasteiger partial charge in [-0.2, -0.15) is 4.98 Å². The lowest BCUT2D eigenvalue weighted by Gasteiger charge is -2.09. The summed E-state index contributed by atoms with van der Waals surface area (Å²) in [5.41, 5.74) is 2.90. The Bertz CT molecular complexity index is 1200. The Labute approximate surface area is 156 Å². The number of hydrogen-bond donors (Lipinski definition) is 0. The largest absolute Gasteiger partial charge is 0.259 e. The van der Waals surface area contributed by atoms with Crippen molar-refractivity contribution in [2.45, 2.75) is 0 Å². The van der Waals surface area contributed by atoms with Crippen LogP contribution in [0.15, 0.2) is 91.0 Å². The van der Waals surface area contributed by atoms with E-state index < -0.39 is 0 Å². The van der Waals surface area contributed by atoms with Gasteiger partial charge in [-0.25, -0.2) is 9.38 Å². The van der Waals surface area contributed by atoms with E-state index in [4.69, 9.17) is 4.98 Å². The fraction of sp³-hybridized carbons (Fsp3) is 0. The molecule has 0 atom stereocenters. The lowest BCUT2D eigenvalue weighted by Crippen LogP contribution is -2.03. The summed E-state index contributed by atoms with van der Waals surface area (Å²) in [4.78, 5) is 9.53. The van der Waals surface area contributed by atoms with Crippen LogP contribution in [0.4, 0.5) is 0 Å². The number of nitrogens with zero attached hydrogens (tertiary/aromatic N) is 5. The number of rotatable bonds is 3. The van der Waals surface area contributed by atoms with Crippen molar-refractivity contribution in [1.82, 2.24) is 24.6 Å². The molecular formula is C22H15N5. The molecule has 0 fully saturated rings. The first-order valence-corrected chi connectivity index (χ1v) is 8.69. The second kappa shape index (κ2) is 6.46. The SMILES string of the molecule is c1ccc(-c2nc(-c3ccccc3)n3c(-c4ccccc4)nnc3n2)cc1. The molecule has 2 heterocycles. The maximum Gasteiger partial charge on any atom is 0.259 e. The monoisotopic (exact) mass is 349 g/mol. The molecule has 5 heteroatoms. The second-order valence-corrected chi connectivity index (χ2v) is 6.13. The molecule has 0 spiro atoms. The van der Waals surface area contributed by atoms with Gasteiger partial charge < -0.3 is 0 Å². The number of fused-ring (bicyclic) bond motifs is 1. The van der Waals surface area contributed by atoms with Gasteiger partial charge in [-0.1, -0.05) is 91.0 Å². The Balaban J connectivity index is 1.82. The highest BCUT2D eigenvalue weighted by Crippen LogP contribution is 2.26. The van der Waals surface area contributed by atoms with E-state index in [1.54, 1.807) is 0 Å². The molecule has 0 aliphatic heterocycles. The Kier molecular flexibility index (Phi) is 3.68. The lowest BCUT2D eigenvalue weighted by atomic mass is 10.1. The minimum atomic E-state index is 0.529. The predicted molar refractivity (Wildman–Crippen MR) is 105 cm³/mol. The fourth-order valence-electron chi connectivity index (χ4n) is 3.08. The van der Waals surface area contributed by atoms with Crippen LogP contribution in [0.3, 0.4) is 0 Å². The van der Waals surface area contributed by atoms with Crippen LogP contribution < -0.4 is 0 Å². The number of hydrogen-bond acceptors (Lipinski definition) is 4. The fourth-order valence-corrected chi connectivity index (χ4v) is 3.08. The molecule has 0 radical (unpaired) electrons. The van der Waals surface area contributed by atoms with Gasteiger partial charge in [-0.15, -0.1) is 10.2 Å². The third kappa shape index (κ3) is 2.75. The van der Waals surface area contributed by atoms with E-state index in [0.717, 1.165) is 28.3 Å². The zero-order valence-electron chi connectivity index (χ0n) is 14.4. The van der Waals surface area contributed by atoms with Crippen LogP contribution in [0.1, 0.15) is 0 Å². The topological polar surface area (TPSA) is 56.0 Å². The summed E-state index contributed by atoms with van der Waals surface area (Å²) in [5, 5.41) is 8.73. The Morgan fingerprint density at radius 3 is 1.59 bits per heavy atom. The first kappa shape index (κ1) is 15.4. The van der Waals surface area contributed by atoms with E-state index in [1.165, 1.54) is 0 Å². The average molecular weight is 349 g/mol. The van der Waals surface area contributed by atoms with Crippen molar-refractivity contribution in [2.75, 3.05) is 0 Å². The van der Waals surface area contributed by atoms with Gasteiger partial charge >= 0.3 is 0 Å². The molecule has 0 aliphatic rings. The smallest absolute Gasteiger partial charge is 0.242 e. The molecule has 0 unspecified atom stereocenters. The molecule has 0 amide bonds. The molecule has 0 N–H and O–H groups in total. The summed E-state index contributed by atoms with van der Waals surface area (Å²) in [7, 11) is 0. The molecule has 0 bridgehead atoms. The van der Waals surface area contributed by atoms with Gasteiger partial charge in [0.25, 0.3) is 5.78 Å². The van der Waals surface area contributed by atoms with E-state index in [-0.39, 0.29) is 0 Å². The predicted octanol–water partition coefficient (Wildman–Crippen LogP) is 4.52. The van der Waals surface area contributed by atoms with Crippen molar-refractivity contribution < 1.29 is 0 Å². The molecule has 128 valence electrons. The molecular weight excluding hydrogens is 334 g/mol. The molecule has 3 aromatic carbocycles. The van der Waals surface area contributed by atoms with Crippen molar-refractivity contribution in [1.29, 1.82) is 0 Å². The van der Waals surface area contributed by atoms with Gasteiger partial charge in [-0.05, 0) is 0 Å². The van der Waals surface area contributed by atoms with Crippen LogP contribution in [-0.2, 0) is 0 Å². The molecule has 0 saturated heterocycles. The summed E-state index contributed by atoms with van der Waals surface area (Å²) in [6, 6.07) is 29.9. The number of benzene rings is 3. The third-order valence-corrected chi connectivity index (χ3v) is 4.37. The molecule has 5 aromatic rings. The quantitative estimate of drug-likeness (QED) is 0.480. The molecule has 0 saturated carbocycles. The Morgan fingerprint density at radius 1 is 0.481 bits per heavy atom. The van der Waals surface area contributed by atoms with E-state index in [1.807, 2.05) is 95.4 Å². The summed E-state index contributed by atoms with van der Waals surface area (Å²) < 4.78 is 1.91. The van der Waals surface area contributed by atoms with Crippen LogP contribution in [0, 0.1) is 0 Å². The average Bonchev–Trinajstić information content (AvgIpc) is 3.19. The van der Waals surface area contributed by atoms with Crippen molar-refractivity contribution >= 4 is 5.78 Å². The van der Waals surface area contributed by atoms with Crippen molar-refractivity contribution in [2.24, 2.45) is 0 Å². The minimum absolute atomic E-state index is 0.529. The molecule has 2 aromatic heterocycles. The summed E-state index contributed by atoms with van der Waals surface area (Å²) >= 11 is 0. The highest BCUT2D eigenvalue weighted by molar-refractivity contribution is 5.68. The molecule has 0 aliphatic carbocycles. The molecule has 5 nitrogen and oxygen atoms in total. The highest BCUT2D eigenvalue weighted by atomic mass is 15.3. The van der Waals surface area contributed by atoms with Crippen LogP contribution in [0.2, 0.25) is 0 Å². The summed E-state index contributed by atoms with van der Waals surface area (Å²) in [5.74, 6) is 2.66. The van der Waals surface area contributed by atoms with E-state index >= 15 is 0 Å². The maximum atomic E-state index is 4.87. The zero-order chi connectivity index (χ0) is 18.1. The Hall–Kier alpha value is -3.86. The van der Waals surface area contributed by atoms with Crippen molar-refractivity contribution in [3.05, 3.63) is 91.0 Å². The number of aromatic nitrogens is 5. The summed E-state index contributed by atoms with van der Waals surface area (Å²) in [6.07, 6.45) is 0. The normalized spacial score (nSPS) is 11.0. The third-order valence-electron chi connectivity index (χ3n) is 4.37. The minimum Gasteiger partial charge on any atom is -0.242 e. The first-order chi connectivity index (χ1) is 13.4. The lowest BCUT2D eigenvalue weighted by molar-refractivity contribution is 1.03. The Morgan fingerprint density at radius 2 is 1.00 bits per heavy atom. The first-order valence-electron chi connectivity index (χ1n) is 8.69. The van der Waals surface area contributed by atoms with Gasteiger partial charge in [0.1, 0.15) is 0 Å². The van der Waals surface area contributed by atoms with Crippen molar-refractivity contribution in [3.8, 4) is 34.2 Å². The molecule has 27 heavy (non-hydrogen) atoms. The van der Waals surface area contributed by atoms with Crippen LogP contribution in [-0.4, -0.2) is 24.6 Å². The van der Waals surface area contributed by atoms with Crippen LogP contribution >= 0.6 is 0 Å². The maximum absolute atomic E-state index is 4.87. The van der Waals surface area contributed by atoms with Gasteiger partial charge in [0.15, 0.2) is 17.5 Å². The second-order valence-electron chi connectivity index (χ2n) is 6.13. The van der Waals surface area contributed by atoms with Gasteiger partial charge in [-0.3, -0.25) is 0 Å². The standard InChI is InChI=1S/C22H15N5/c1-4-10-16(11-5-1)19-23-20(17-12-6-2-7-13-17)27-21(25-26-22(27)24-19)18-14-8-3-9-15-18/h1-15H. The van der Waals surface area contributed by atoms with Gasteiger partial charge in [0.2, 0.25) is 0 Å². The van der Waals surface area contributed by atoms with Crippen molar-refractivity contribution in [3.63, 3.8) is 0 Å². The highest BCUT2D eigenvalue weighted by Gasteiger charge is 2.17. The van der Waals surface area contributed by atoms with Gasteiger partial charge in [0.05, 0.1) is 0 Å². The summed E-state index contributed by atoms with van der Waals surface area (Å²) in [6.45, 7) is 0. The van der Waals surface area contributed by atoms with Crippen LogP contribution in [0.5, 0.6) is 0 Å². The van der Waals surface area contributed by atoms with E-state index in [0.29, 0.717) is 11.6 Å². The molecule has 5 rings (SSSR count). The van der Waals surface area contributed by atoms with Crippen LogP contribution in [0.25, 0.3) is 39.9 Å². The van der Waals surface area contributed by atoms with E-state index in [9.17, 15) is 0 Å².